The molecule has 1 unspecified atom stereocenters. The van der Waals surface area contributed by atoms with Crippen LogP contribution in [-0.4, -0.2) is 30.8 Å². The molecule has 2 N–H and O–H groups in total. The Hall–Kier alpha value is -2.07. The molecule has 0 saturated carbocycles. The van der Waals surface area contributed by atoms with Crippen molar-refractivity contribution in [2.24, 2.45) is 0 Å². The van der Waals surface area contributed by atoms with Crippen LogP contribution in [0.3, 0.4) is 0 Å². The fraction of sp³-hybridized carbons (Fsp3) is 0.353. The molecular formula is C17H21NO3. The van der Waals surface area contributed by atoms with Gasteiger partial charge in [-0.25, -0.2) is 0 Å². The van der Waals surface area contributed by atoms with E-state index in [1.54, 1.807) is 19.2 Å². The number of hydrogen-bond acceptors (Lipinski definition) is 3. The standard InChI is InChI=1S/C17H21NO3/c1-3-6-14(11-21-2)18-17(20)15-9-12-7-4-5-8-13(12)10-16(15)19/h4-5,7-10,14,19H,3,6,11H2,1-2H3,(H,18,20). The van der Waals surface area contributed by atoms with E-state index in [4.69, 9.17) is 4.74 Å². The lowest BCUT2D eigenvalue weighted by Crippen LogP contribution is -2.37. The Morgan fingerprint density at radius 2 is 1.95 bits per heavy atom. The first-order valence-electron chi connectivity index (χ1n) is 7.17. The van der Waals surface area contributed by atoms with Crippen LogP contribution in [-0.2, 0) is 4.74 Å². The molecule has 0 aliphatic carbocycles. The van der Waals surface area contributed by atoms with Gasteiger partial charge in [0.2, 0.25) is 0 Å². The van der Waals surface area contributed by atoms with Crippen LogP contribution in [0.1, 0.15) is 30.1 Å². The van der Waals surface area contributed by atoms with E-state index in [2.05, 4.69) is 12.2 Å². The molecule has 0 aromatic heterocycles. The molecule has 2 aromatic rings. The summed E-state index contributed by atoms with van der Waals surface area (Å²) in [4.78, 5) is 12.3. The first-order valence-corrected chi connectivity index (χ1v) is 7.17. The number of carbonyl (C=O) groups is 1. The van der Waals surface area contributed by atoms with E-state index in [9.17, 15) is 9.90 Å². The zero-order valence-electron chi connectivity index (χ0n) is 12.4. The van der Waals surface area contributed by atoms with Crippen molar-refractivity contribution in [1.82, 2.24) is 5.32 Å². The molecule has 0 saturated heterocycles. The SMILES string of the molecule is CCCC(COC)NC(=O)c1cc2ccccc2cc1O. The van der Waals surface area contributed by atoms with Crippen LogP contribution in [0.25, 0.3) is 10.8 Å². The highest BCUT2D eigenvalue weighted by molar-refractivity contribution is 6.01. The Bertz CT molecular complexity index is 618. The average molecular weight is 287 g/mol. The molecule has 0 aliphatic heterocycles. The maximum Gasteiger partial charge on any atom is 0.255 e. The highest BCUT2D eigenvalue weighted by Crippen LogP contribution is 2.25. The summed E-state index contributed by atoms with van der Waals surface area (Å²) in [5, 5.41) is 14.8. The quantitative estimate of drug-likeness (QED) is 0.858. The highest BCUT2D eigenvalue weighted by atomic mass is 16.5. The molecule has 0 aliphatic rings. The summed E-state index contributed by atoms with van der Waals surface area (Å²) in [6, 6.07) is 10.9. The van der Waals surface area contributed by atoms with E-state index in [0.717, 1.165) is 23.6 Å². The molecule has 0 radical (unpaired) electrons. The molecule has 1 atom stereocenters. The van der Waals surface area contributed by atoms with Crippen molar-refractivity contribution >= 4 is 16.7 Å². The topological polar surface area (TPSA) is 58.6 Å². The summed E-state index contributed by atoms with van der Waals surface area (Å²) >= 11 is 0. The van der Waals surface area contributed by atoms with Crippen LogP contribution in [0.5, 0.6) is 5.75 Å². The maximum atomic E-state index is 12.3. The third kappa shape index (κ3) is 3.73. The van der Waals surface area contributed by atoms with Crippen molar-refractivity contribution in [3.63, 3.8) is 0 Å². The predicted molar refractivity (Wildman–Crippen MR) is 83.7 cm³/mol. The molecule has 0 fully saturated rings. The van der Waals surface area contributed by atoms with Gasteiger partial charge in [0.15, 0.2) is 0 Å². The molecule has 0 spiro atoms. The van der Waals surface area contributed by atoms with Gasteiger partial charge in [-0.05, 0) is 29.3 Å². The Morgan fingerprint density at radius 3 is 2.57 bits per heavy atom. The van der Waals surface area contributed by atoms with E-state index in [1.165, 1.54) is 0 Å². The number of rotatable bonds is 6. The molecule has 4 nitrogen and oxygen atoms in total. The number of carbonyl (C=O) groups excluding carboxylic acids is 1. The van der Waals surface area contributed by atoms with Crippen LogP contribution in [0.4, 0.5) is 0 Å². The maximum absolute atomic E-state index is 12.3. The molecule has 4 heteroatoms. The molecule has 0 heterocycles. The zero-order valence-corrected chi connectivity index (χ0v) is 12.4. The molecule has 1 amide bonds. The van der Waals surface area contributed by atoms with Crippen LogP contribution in [0, 0.1) is 0 Å². The van der Waals surface area contributed by atoms with Gasteiger partial charge >= 0.3 is 0 Å². The molecule has 2 aromatic carbocycles. The number of hydrogen-bond donors (Lipinski definition) is 2. The summed E-state index contributed by atoms with van der Waals surface area (Å²) in [5.41, 5.74) is 0.297. The Labute approximate surface area is 124 Å². The van der Waals surface area contributed by atoms with E-state index in [0.29, 0.717) is 12.2 Å². The van der Waals surface area contributed by atoms with Gasteiger partial charge in [0.25, 0.3) is 5.91 Å². The van der Waals surface area contributed by atoms with Crippen molar-refractivity contribution in [3.05, 3.63) is 42.0 Å². The Balaban J connectivity index is 2.23. The van der Waals surface area contributed by atoms with Crippen LogP contribution in [0.2, 0.25) is 0 Å². The van der Waals surface area contributed by atoms with Crippen molar-refractivity contribution < 1.29 is 14.6 Å². The van der Waals surface area contributed by atoms with Gasteiger partial charge in [0.1, 0.15) is 5.75 Å². The highest BCUT2D eigenvalue weighted by Gasteiger charge is 2.16. The van der Waals surface area contributed by atoms with E-state index in [-0.39, 0.29) is 17.7 Å². The second kappa shape index (κ2) is 7.09. The number of methoxy groups -OCH3 is 1. The molecule has 2 rings (SSSR count). The van der Waals surface area contributed by atoms with Gasteiger partial charge in [-0.2, -0.15) is 0 Å². The smallest absolute Gasteiger partial charge is 0.255 e. The Kier molecular flexibility index (Phi) is 5.17. The average Bonchev–Trinajstić information content (AvgIpc) is 2.47. The van der Waals surface area contributed by atoms with Crippen molar-refractivity contribution in [2.45, 2.75) is 25.8 Å². The van der Waals surface area contributed by atoms with Gasteiger partial charge in [-0.15, -0.1) is 0 Å². The Morgan fingerprint density at radius 1 is 1.29 bits per heavy atom. The minimum atomic E-state index is -0.270. The number of ether oxygens (including phenoxy) is 1. The summed E-state index contributed by atoms with van der Waals surface area (Å²) in [6.07, 6.45) is 1.80. The number of phenols is 1. The summed E-state index contributed by atoms with van der Waals surface area (Å²) in [7, 11) is 1.61. The molecular weight excluding hydrogens is 266 g/mol. The van der Waals surface area contributed by atoms with Gasteiger partial charge in [-0.3, -0.25) is 4.79 Å². The largest absolute Gasteiger partial charge is 0.507 e. The minimum Gasteiger partial charge on any atom is -0.507 e. The van der Waals surface area contributed by atoms with Gasteiger partial charge in [0.05, 0.1) is 18.2 Å². The third-order valence-electron chi connectivity index (χ3n) is 3.45. The lowest BCUT2D eigenvalue weighted by atomic mass is 10.0. The van der Waals surface area contributed by atoms with E-state index >= 15 is 0 Å². The van der Waals surface area contributed by atoms with E-state index < -0.39 is 0 Å². The van der Waals surface area contributed by atoms with Crippen LogP contribution in [0.15, 0.2) is 36.4 Å². The van der Waals surface area contributed by atoms with Crippen molar-refractivity contribution in [2.75, 3.05) is 13.7 Å². The number of aromatic hydroxyl groups is 1. The normalized spacial score (nSPS) is 12.3. The fourth-order valence-corrected chi connectivity index (χ4v) is 2.42. The second-order valence-electron chi connectivity index (χ2n) is 5.13. The zero-order chi connectivity index (χ0) is 15.2. The summed E-state index contributed by atoms with van der Waals surface area (Å²) in [6.45, 7) is 2.52. The van der Waals surface area contributed by atoms with Crippen LogP contribution < -0.4 is 5.32 Å². The van der Waals surface area contributed by atoms with Crippen molar-refractivity contribution in [1.29, 1.82) is 0 Å². The molecule has 0 bridgehead atoms. The molecule has 112 valence electrons. The first kappa shape index (κ1) is 15.3. The number of fused-ring (bicyclic) bond motifs is 1. The molecule has 21 heavy (non-hydrogen) atoms. The van der Waals surface area contributed by atoms with Crippen LogP contribution >= 0.6 is 0 Å². The summed E-state index contributed by atoms with van der Waals surface area (Å²) in [5.74, 6) is -0.271. The van der Waals surface area contributed by atoms with E-state index in [1.807, 2.05) is 24.3 Å². The van der Waals surface area contributed by atoms with Crippen molar-refractivity contribution in [3.8, 4) is 5.75 Å². The third-order valence-corrected chi connectivity index (χ3v) is 3.45. The fourth-order valence-electron chi connectivity index (χ4n) is 2.42. The lowest BCUT2D eigenvalue weighted by molar-refractivity contribution is 0.0889. The van der Waals surface area contributed by atoms with Gasteiger partial charge in [-0.1, -0.05) is 37.6 Å². The number of phenolic OH excluding ortho intramolecular Hbond substituents is 1. The number of nitrogens with one attached hydrogen (secondary N) is 1. The number of amides is 1. The van der Waals surface area contributed by atoms with Gasteiger partial charge in [0, 0.05) is 7.11 Å². The monoisotopic (exact) mass is 287 g/mol. The summed E-state index contributed by atoms with van der Waals surface area (Å²) < 4.78 is 5.12. The second-order valence-corrected chi connectivity index (χ2v) is 5.13. The number of benzene rings is 2. The predicted octanol–water partition coefficient (Wildman–Crippen LogP) is 3.09. The van der Waals surface area contributed by atoms with Gasteiger partial charge < -0.3 is 15.2 Å². The lowest BCUT2D eigenvalue weighted by Gasteiger charge is -2.17. The first-order chi connectivity index (χ1) is 10.2. The minimum absolute atomic E-state index is 0.00105.